The summed E-state index contributed by atoms with van der Waals surface area (Å²) in [5, 5.41) is 5.62. The zero-order valence-electron chi connectivity index (χ0n) is 18.1. The topological polar surface area (TPSA) is 98.8 Å². The number of nitrogens with one attached hydrogen (secondary N) is 2. The number of carbonyl (C=O) groups is 2. The van der Waals surface area contributed by atoms with E-state index in [2.05, 4.69) is 10.6 Å². The molecule has 1 aliphatic heterocycles. The molecule has 0 bridgehead atoms. The Bertz CT molecular complexity index is 1280. The van der Waals surface area contributed by atoms with E-state index in [9.17, 15) is 18.0 Å². The van der Waals surface area contributed by atoms with E-state index in [1.54, 1.807) is 53.4 Å². The molecule has 4 rings (SSSR count). The number of rotatable bonds is 5. The fraction of sp³-hybridized carbons (Fsp3) is 0.167. The van der Waals surface area contributed by atoms with E-state index >= 15 is 0 Å². The molecule has 0 radical (unpaired) electrons. The highest BCUT2D eigenvalue weighted by Crippen LogP contribution is 2.25. The number of hydrogen-bond donors (Lipinski definition) is 2. The van der Waals surface area contributed by atoms with E-state index in [4.69, 9.17) is 11.6 Å². The van der Waals surface area contributed by atoms with Crippen LogP contribution in [0.5, 0.6) is 0 Å². The van der Waals surface area contributed by atoms with Gasteiger partial charge in [-0.15, -0.1) is 0 Å². The van der Waals surface area contributed by atoms with Crippen molar-refractivity contribution in [3.8, 4) is 0 Å². The third-order valence-electron chi connectivity index (χ3n) is 5.40. The van der Waals surface area contributed by atoms with Crippen LogP contribution in [-0.2, 0) is 10.0 Å². The number of benzene rings is 3. The van der Waals surface area contributed by atoms with Gasteiger partial charge in [-0.1, -0.05) is 41.9 Å². The second kappa shape index (κ2) is 10.3. The summed E-state index contributed by atoms with van der Waals surface area (Å²) >= 11 is 6.07. The van der Waals surface area contributed by atoms with Crippen molar-refractivity contribution >= 4 is 44.9 Å². The highest BCUT2D eigenvalue weighted by atomic mass is 35.5. The molecule has 10 heteroatoms. The predicted octanol–water partition coefficient (Wildman–Crippen LogP) is 4.13. The van der Waals surface area contributed by atoms with E-state index in [-0.39, 0.29) is 48.0 Å². The van der Waals surface area contributed by atoms with Crippen molar-refractivity contribution in [2.24, 2.45) is 0 Å². The van der Waals surface area contributed by atoms with Gasteiger partial charge in [0.1, 0.15) is 4.90 Å². The Kier molecular flexibility index (Phi) is 7.16. The van der Waals surface area contributed by atoms with Crippen LogP contribution in [0.3, 0.4) is 0 Å². The molecule has 0 aromatic heterocycles. The molecule has 3 aromatic carbocycles. The first-order valence-electron chi connectivity index (χ1n) is 10.6. The van der Waals surface area contributed by atoms with E-state index in [1.165, 1.54) is 16.4 Å². The number of hydrogen-bond acceptors (Lipinski definition) is 4. The van der Waals surface area contributed by atoms with Crippen LogP contribution in [0.1, 0.15) is 10.4 Å². The molecule has 1 fully saturated rings. The van der Waals surface area contributed by atoms with Crippen molar-refractivity contribution in [2.45, 2.75) is 4.90 Å². The highest BCUT2D eigenvalue weighted by molar-refractivity contribution is 7.89. The first-order valence-corrected chi connectivity index (χ1v) is 12.4. The lowest BCUT2D eigenvalue weighted by Gasteiger charge is -2.34. The summed E-state index contributed by atoms with van der Waals surface area (Å²) < 4.78 is 27.1. The summed E-state index contributed by atoms with van der Waals surface area (Å²) in [6.07, 6.45) is 0. The number of halogens is 1. The average Bonchev–Trinajstić information content (AvgIpc) is 2.85. The molecule has 176 valence electrons. The minimum atomic E-state index is -3.73. The lowest BCUT2D eigenvalue weighted by molar-refractivity contribution is 0.0698. The van der Waals surface area contributed by atoms with Crippen LogP contribution in [0, 0.1) is 0 Å². The molecular formula is C24H23ClN4O4S. The number of urea groups is 1. The number of amides is 3. The van der Waals surface area contributed by atoms with Gasteiger partial charge in [0.25, 0.3) is 5.91 Å². The average molecular weight is 499 g/mol. The minimum absolute atomic E-state index is 0.0656. The summed E-state index contributed by atoms with van der Waals surface area (Å²) in [5.41, 5.74) is 1.67. The fourth-order valence-electron chi connectivity index (χ4n) is 3.62. The van der Waals surface area contributed by atoms with Gasteiger partial charge < -0.3 is 15.5 Å². The van der Waals surface area contributed by atoms with Gasteiger partial charge in [-0.2, -0.15) is 4.31 Å². The lowest BCUT2D eigenvalue weighted by atomic mass is 10.1. The Balaban J connectivity index is 1.33. The number of nitrogens with zero attached hydrogens (tertiary/aromatic N) is 2. The third kappa shape index (κ3) is 5.39. The lowest BCUT2D eigenvalue weighted by Crippen LogP contribution is -2.50. The van der Waals surface area contributed by atoms with E-state index < -0.39 is 10.0 Å². The first kappa shape index (κ1) is 23.7. The molecule has 1 aliphatic rings. The van der Waals surface area contributed by atoms with Crippen LogP contribution in [0.15, 0.2) is 83.8 Å². The molecule has 0 unspecified atom stereocenters. The van der Waals surface area contributed by atoms with Crippen LogP contribution in [0.4, 0.5) is 16.2 Å². The molecule has 3 aromatic rings. The van der Waals surface area contributed by atoms with Gasteiger partial charge >= 0.3 is 6.03 Å². The Morgan fingerprint density at radius 2 is 1.29 bits per heavy atom. The van der Waals surface area contributed by atoms with Crippen molar-refractivity contribution in [3.63, 3.8) is 0 Å². The van der Waals surface area contributed by atoms with Crippen molar-refractivity contribution < 1.29 is 18.0 Å². The van der Waals surface area contributed by atoms with E-state index in [0.29, 0.717) is 16.9 Å². The smallest absolute Gasteiger partial charge is 0.323 e. The number of piperazine rings is 1. The normalized spacial score (nSPS) is 14.4. The van der Waals surface area contributed by atoms with Crippen LogP contribution in [0.25, 0.3) is 0 Å². The Morgan fingerprint density at radius 1 is 0.735 bits per heavy atom. The maximum atomic E-state index is 12.9. The van der Waals surface area contributed by atoms with Crippen molar-refractivity contribution in [2.75, 3.05) is 36.8 Å². The van der Waals surface area contributed by atoms with Crippen molar-refractivity contribution in [1.82, 2.24) is 9.21 Å². The molecule has 1 heterocycles. The van der Waals surface area contributed by atoms with Gasteiger partial charge in [-0.25, -0.2) is 13.2 Å². The standard InChI is InChI=1S/C24H23ClN4O4S/c25-21-8-4-5-9-22(21)34(32,33)29-16-14-28(15-17-29)23(30)18-10-12-20(13-11-18)27-24(31)26-19-6-2-1-3-7-19/h1-13H,14-17H2,(H2,26,27,31). The number of anilines is 2. The molecule has 0 saturated carbocycles. The number of carbonyl (C=O) groups excluding carboxylic acids is 2. The monoisotopic (exact) mass is 498 g/mol. The van der Waals surface area contributed by atoms with E-state index in [1.807, 2.05) is 18.2 Å². The molecule has 34 heavy (non-hydrogen) atoms. The van der Waals surface area contributed by atoms with E-state index in [0.717, 1.165) is 0 Å². The summed E-state index contributed by atoms with van der Waals surface area (Å²) in [6.45, 7) is 0.890. The highest BCUT2D eigenvalue weighted by Gasteiger charge is 2.31. The minimum Gasteiger partial charge on any atom is -0.336 e. The Labute approximate surface area is 203 Å². The van der Waals surface area contributed by atoms with Crippen molar-refractivity contribution in [3.05, 3.63) is 89.4 Å². The van der Waals surface area contributed by atoms with Gasteiger partial charge in [-0.05, 0) is 48.5 Å². The number of para-hydroxylation sites is 1. The second-order valence-corrected chi connectivity index (χ2v) is 9.96. The summed E-state index contributed by atoms with van der Waals surface area (Å²) in [7, 11) is -3.73. The Morgan fingerprint density at radius 3 is 1.91 bits per heavy atom. The van der Waals surface area contributed by atoms with Gasteiger partial charge in [-0.3, -0.25) is 4.79 Å². The van der Waals surface area contributed by atoms with Crippen LogP contribution < -0.4 is 10.6 Å². The molecular weight excluding hydrogens is 476 g/mol. The SMILES string of the molecule is O=C(Nc1ccccc1)Nc1ccc(C(=O)N2CCN(S(=O)(=O)c3ccccc3Cl)CC2)cc1. The molecule has 2 N–H and O–H groups in total. The maximum absolute atomic E-state index is 12.9. The van der Waals surface area contributed by atoms with Gasteiger partial charge in [0.2, 0.25) is 10.0 Å². The zero-order chi connectivity index (χ0) is 24.1. The Hall–Kier alpha value is -3.40. The zero-order valence-corrected chi connectivity index (χ0v) is 19.7. The van der Waals surface area contributed by atoms with Gasteiger partial charge in [0.05, 0.1) is 5.02 Å². The van der Waals surface area contributed by atoms with Gasteiger partial charge in [0.15, 0.2) is 0 Å². The quantitative estimate of drug-likeness (QED) is 0.552. The maximum Gasteiger partial charge on any atom is 0.323 e. The summed E-state index contributed by atoms with van der Waals surface area (Å²) in [4.78, 5) is 26.7. The summed E-state index contributed by atoms with van der Waals surface area (Å²) in [5.74, 6) is -0.199. The van der Waals surface area contributed by atoms with Crippen LogP contribution in [0.2, 0.25) is 5.02 Å². The number of sulfonamides is 1. The predicted molar refractivity (Wildman–Crippen MR) is 132 cm³/mol. The summed E-state index contributed by atoms with van der Waals surface area (Å²) in [6, 6.07) is 21.6. The largest absolute Gasteiger partial charge is 0.336 e. The molecule has 0 aliphatic carbocycles. The third-order valence-corrected chi connectivity index (χ3v) is 7.80. The first-order chi connectivity index (χ1) is 16.3. The second-order valence-electron chi connectivity index (χ2n) is 7.65. The molecule has 0 spiro atoms. The molecule has 1 saturated heterocycles. The van der Waals surface area contributed by atoms with Crippen LogP contribution >= 0.6 is 11.6 Å². The van der Waals surface area contributed by atoms with Crippen molar-refractivity contribution in [1.29, 1.82) is 0 Å². The molecule has 0 atom stereocenters. The fourth-order valence-corrected chi connectivity index (χ4v) is 5.53. The molecule has 8 nitrogen and oxygen atoms in total. The molecule has 3 amide bonds. The van der Waals surface area contributed by atoms with Gasteiger partial charge in [0, 0.05) is 43.1 Å². The van der Waals surface area contributed by atoms with Crippen LogP contribution in [-0.4, -0.2) is 55.7 Å².